The van der Waals surface area contributed by atoms with E-state index in [1.165, 1.54) is 0 Å². The Labute approximate surface area is 127 Å². The van der Waals surface area contributed by atoms with Crippen LogP contribution in [-0.2, 0) is 4.74 Å². The molecule has 2 unspecified atom stereocenters. The van der Waals surface area contributed by atoms with E-state index in [2.05, 4.69) is 11.8 Å². The van der Waals surface area contributed by atoms with Crippen molar-refractivity contribution in [3.8, 4) is 5.75 Å². The molecule has 1 aromatic rings. The van der Waals surface area contributed by atoms with Crippen LogP contribution in [0, 0.1) is 0 Å². The van der Waals surface area contributed by atoms with Crippen LogP contribution in [0.4, 0.5) is 0 Å². The smallest absolute Gasteiger partial charge is 0.120 e. The van der Waals surface area contributed by atoms with E-state index in [1.807, 2.05) is 38.1 Å². The molecule has 0 radical (unpaired) electrons. The molecule has 0 amide bonds. The first kappa shape index (κ1) is 16.3. The van der Waals surface area contributed by atoms with Gasteiger partial charge in [-0.2, -0.15) is 0 Å². The SMILES string of the molecule is CCCN1CCOC(C(O)c2cccc(OC(C)C)c2)C1. The van der Waals surface area contributed by atoms with Crippen molar-refractivity contribution in [2.24, 2.45) is 0 Å². The number of benzene rings is 1. The number of aliphatic hydroxyl groups is 1. The van der Waals surface area contributed by atoms with Crippen molar-refractivity contribution in [2.75, 3.05) is 26.2 Å². The van der Waals surface area contributed by atoms with E-state index in [0.717, 1.165) is 37.4 Å². The molecule has 0 spiro atoms. The number of rotatable bonds is 6. The maximum absolute atomic E-state index is 10.6. The second kappa shape index (κ2) is 7.78. The van der Waals surface area contributed by atoms with Crippen molar-refractivity contribution in [1.82, 2.24) is 4.90 Å². The fourth-order valence-electron chi connectivity index (χ4n) is 2.70. The lowest BCUT2D eigenvalue weighted by Gasteiger charge is -2.35. The lowest BCUT2D eigenvalue weighted by molar-refractivity contribution is -0.0899. The molecular formula is C17H27NO3. The van der Waals surface area contributed by atoms with Crippen molar-refractivity contribution in [3.63, 3.8) is 0 Å². The number of aliphatic hydroxyl groups excluding tert-OH is 1. The van der Waals surface area contributed by atoms with Gasteiger partial charge in [0.2, 0.25) is 0 Å². The van der Waals surface area contributed by atoms with Gasteiger partial charge in [-0.1, -0.05) is 19.1 Å². The summed E-state index contributed by atoms with van der Waals surface area (Å²) < 4.78 is 11.4. The van der Waals surface area contributed by atoms with E-state index in [9.17, 15) is 5.11 Å². The van der Waals surface area contributed by atoms with Crippen LogP contribution >= 0.6 is 0 Å². The molecule has 0 bridgehead atoms. The van der Waals surface area contributed by atoms with Gasteiger partial charge in [-0.05, 0) is 44.5 Å². The van der Waals surface area contributed by atoms with Gasteiger partial charge in [0, 0.05) is 13.1 Å². The number of ether oxygens (including phenoxy) is 2. The van der Waals surface area contributed by atoms with E-state index < -0.39 is 6.10 Å². The monoisotopic (exact) mass is 293 g/mol. The summed E-state index contributed by atoms with van der Waals surface area (Å²) in [5.74, 6) is 0.794. The van der Waals surface area contributed by atoms with Gasteiger partial charge in [0.25, 0.3) is 0 Å². The predicted octanol–water partition coefficient (Wildman–Crippen LogP) is 2.62. The van der Waals surface area contributed by atoms with Crippen LogP contribution in [0.1, 0.15) is 38.9 Å². The molecule has 0 aliphatic carbocycles. The second-order valence-electron chi connectivity index (χ2n) is 5.89. The lowest BCUT2D eigenvalue weighted by atomic mass is 10.0. The van der Waals surface area contributed by atoms with Crippen molar-refractivity contribution in [3.05, 3.63) is 29.8 Å². The molecule has 1 N–H and O–H groups in total. The van der Waals surface area contributed by atoms with Crippen LogP contribution in [-0.4, -0.2) is 48.5 Å². The Morgan fingerprint density at radius 3 is 2.95 bits per heavy atom. The summed E-state index contributed by atoms with van der Waals surface area (Å²) in [5.41, 5.74) is 0.858. The molecule has 4 heteroatoms. The minimum Gasteiger partial charge on any atom is -0.491 e. The van der Waals surface area contributed by atoms with Gasteiger partial charge in [0.05, 0.1) is 12.7 Å². The molecular weight excluding hydrogens is 266 g/mol. The summed E-state index contributed by atoms with van der Waals surface area (Å²) >= 11 is 0. The maximum atomic E-state index is 10.6. The number of hydrogen-bond donors (Lipinski definition) is 1. The van der Waals surface area contributed by atoms with E-state index in [4.69, 9.17) is 9.47 Å². The van der Waals surface area contributed by atoms with Crippen molar-refractivity contribution >= 4 is 0 Å². The van der Waals surface area contributed by atoms with Crippen LogP contribution in [0.15, 0.2) is 24.3 Å². The Balaban J connectivity index is 2.03. The third kappa shape index (κ3) is 4.70. The predicted molar refractivity (Wildman–Crippen MR) is 83.6 cm³/mol. The average Bonchev–Trinajstić information content (AvgIpc) is 2.47. The second-order valence-corrected chi connectivity index (χ2v) is 5.89. The van der Waals surface area contributed by atoms with Gasteiger partial charge in [-0.3, -0.25) is 4.90 Å². The van der Waals surface area contributed by atoms with Gasteiger partial charge >= 0.3 is 0 Å². The van der Waals surface area contributed by atoms with Gasteiger partial charge in [-0.25, -0.2) is 0 Å². The highest BCUT2D eigenvalue weighted by Crippen LogP contribution is 2.25. The third-order valence-electron chi connectivity index (χ3n) is 3.64. The molecule has 4 nitrogen and oxygen atoms in total. The Hall–Kier alpha value is -1.10. The molecule has 2 atom stereocenters. The average molecular weight is 293 g/mol. The first-order valence-corrected chi connectivity index (χ1v) is 7.88. The van der Waals surface area contributed by atoms with E-state index in [-0.39, 0.29) is 12.2 Å². The van der Waals surface area contributed by atoms with Gasteiger partial charge in [0.15, 0.2) is 0 Å². The third-order valence-corrected chi connectivity index (χ3v) is 3.64. The van der Waals surface area contributed by atoms with Crippen molar-refractivity contribution in [2.45, 2.75) is 45.5 Å². The summed E-state index contributed by atoms with van der Waals surface area (Å²) in [7, 11) is 0. The van der Waals surface area contributed by atoms with Gasteiger partial charge in [0.1, 0.15) is 18.0 Å². The summed E-state index contributed by atoms with van der Waals surface area (Å²) in [6, 6.07) is 7.68. The van der Waals surface area contributed by atoms with E-state index >= 15 is 0 Å². The maximum Gasteiger partial charge on any atom is 0.120 e. The molecule has 1 heterocycles. The summed E-state index contributed by atoms with van der Waals surface area (Å²) in [6.45, 7) is 9.64. The van der Waals surface area contributed by atoms with Gasteiger partial charge < -0.3 is 14.6 Å². The van der Waals surface area contributed by atoms with Crippen molar-refractivity contribution in [1.29, 1.82) is 0 Å². The molecule has 21 heavy (non-hydrogen) atoms. The molecule has 1 fully saturated rings. The van der Waals surface area contributed by atoms with E-state index in [1.54, 1.807) is 0 Å². The normalized spacial score (nSPS) is 21.5. The summed E-state index contributed by atoms with van der Waals surface area (Å²) in [5, 5.41) is 10.6. The Morgan fingerprint density at radius 2 is 2.24 bits per heavy atom. The number of nitrogens with zero attached hydrogens (tertiary/aromatic N) is 1. The van der Waals surface area contributed by atoms with Crippen LogP contribution in [0.2, 0.25) is 0 Å². The van der Waals surface area contributed by atoms with Crippen LogP contribution in [0.5, 0.6) is 5.75 Å². The molecule has 1 aliphatic rings. The van der Waals surface area contributed by atoms with Gasteiger partial charge in [-0.15, -0.1) is 0 Å². The Morgan fingerprint density at radius 1 is 1.43 bits per heavy atom. The highest BCUT2D eigenvalue weighted by atomic mass is 16.5. The van der Waals surface area contributed by atoms with Crippen molar-refractivity contribution < 1.29 is 14.6 Å². The quantitative estimate of drug-likeness (QED) is 0.875. The summed E-state index contributed by atoms with van der Waals surface area (Å²) in [6.07, 6.45) is 0.476. The molecule has 1 aliphatic heterocycles. The topological polar surface area (TPSA) is 41.9 Å². The zero-order valence-electron chi connectivity index (χ0n) is 13.3. The minimum atomic E-state index is -0.611. The highest BCUT2D eigenvalue weighted by molar-refractivity contribution is 5.30. The lowest BCUT2D eigenvalue weighted by Crippen LogP contribution is -2.45. The van der Waals surface area contributed by atoms with Crippen LogP contribution in [0.25, 0.3) is 0 Å². The Bertz CT molecular complexity index is 434. The first-order valence-electron chi connectivity index (χ1n) is 7.88. The molecule has 1 saturated heterocycles. The zero-order chi connectivity index (χ0) is 15.2. The summed E-state index contributed by atoms with van der Waals surface area (Å²) in [4.78, 5) is 2.35. The number of morpholine rings is 1. The molecule has 1 aromatic carbocycles. The molecule has 0 saturated carbocycles. The fraction of sp³-hybridized carbons (Fsp3) is 0.647. The first-order chi connectivity index (χ1) is 10.1. The molecule has 2 rings (SSSR count). The van der Waals surface area contributed by atoms with E-state index in [0.29, 0.717) is 6.61 Å². The molecule has 118 valence electrons. The largest absolute Gasteiger partial charge is 0.491 e. The minimum absolute atomic E-state index is 0.128. The Kier molecular flexibility index (Phi) is 6.03. The zero-order valence-corrected chi connectivity index (χ0v) is 13.3. The highest BCUT2D eigenvalue weighted by Gasteiger charge is 2.27. The standard InChI is InChI=1S/C17H27NO3/c1-4-8-18-9-10-20-16(12-18)17(19)14-6-5-7-15(11-14)21-13(2)3/h5-7,11,13,16-17,19H,4,8-10,12H2,1-3H3. The molecule has 0 aromatic heterocycles. The number of hydrogen-bond acceptors (Lipinski definition) is 4. The van der Waals surface area contributed by atoms with Crippen LogP contribution < -0.4 is 4.74 Å². The fourth-order valence-corrected chi connectivity index (χ4v) is 2.70. The van der Waals surface area contributed by atoms with Crippen LogP contribution in [0.3, 0.4) is 0 Å².